The summed E-state index contributed by atoms with van der Waals surface area (Å²) >= 11 is 0. The molecule has 1 N–H and O–H groups in total. The van der Waals surface area contributed by atoms with Crippen molar-refractivity contribution in [3.8, 4) is 11.5 Å². The molecule has 0 aliphatic carbocycles. The molecule has 0 bridgehead atoms. The molecule has 1 aromatic carbocycles. The second-order valence-electron chi connectivity index (χ2n) is 7.17. The van der Waals surface area contributed by atoms with E-state index in [0.717, 1.165) is 5.56 Å². The van der Waals surface area contributed by atoms with E-state index in [1.165, 1.54) is 0 Å². The van der Waals surface area contributed by atoms with Crippen LogP contribution in [0.2, 0.25) is 0 Å². The number of nitrogens with one attached hydrogen (secondary N) is 1. The Balaban J connectivity index is 1.85. The lowest BCUT2D eigenvalue weighted by Gasteiger charge is -2.20. The fraction of sp³-hybridized carbons (Fsp3) is 0.579. The Labute approximate surface area is 153 Å². The number of rotatable bonds is 7. The van der Waals surface area contributed by atoms with Crippen LogP contribution < -0.4 is 14.8 Å². The van der Waals surface area contributed by atoms with Gasteiger partial charge in [-0.3, -0.25) is 4.79 Å². The van der Waals surface area contributed by atoms with Crippen molar-refractivity contribution in [1.29, 1.82) is 0 Å². The van der Waals surface area contributed by atoms with E-state index in [1.807, 2.05) is 39.8 Å². The van der Waals surface area contributed by atoms with Crippen molar-refractivity contribution >= 4 is 11.9 Å². The van der Waals surface area contributed by atoms with Crippen molar-refractivity contribution in [1.82, 2.24) is 5.32 Å². The maximum Gasteiger partial charge on any atom is 0.389 e. The summed E-state index contributed by atoms with van der Waals surface area (Å²) in [6.07, 6.45) is -0.369. The Morgan fingerprint density at radius 1 is 1.23 bits per heavy atom. The molecule has 26 heavy (non-hydrogen) atoms. The van der Waals surface area contributed by atoms with Gasteiger partial charge in [0, 0.05) is 6.04 Å². The fourth-order valence-electron chi connectivity index (χ4n) is 2.49. The van der Waals surface area contributed by atoms with E-state index in [9.17, 15) is 9.59 Å². The molecule has 7 nitrogen and oxygen atoms in total. The molecule has 2 atom stereocenters. The van der Waals surface area contributed by atoms with Crippen LogP contribution in [-0.2, 0) is 25.5 Å². The van der Waals surface area contributed by atoms with Gasteiger partial charge in [0.1, 0.15) is 5.60 Å². The van der Waals surface area contributed by atoms with Gasteiger partial charge in [0.05, 0.1) is 13.2 Å². The first-order valence-electron chi connectivity index (χ1n) is 8.76. The van der Waals surface area contributed by atoms with Gasteiger partial charge in [0.25, 0.3) is 0 Å². The van der Waals surface area contributed by atoms with Crippen molar-refractivity contribution in [3.05, 3.63) is 23.8 Å². The average molecular weight is 365 g/mol. The van der Waals surface area contributed by atoms with Gasteiger partial charge < -0.3 is 24.3 Å². The van der Waals surface area contributed by atoms with Gasteiger partial charge in [-0.25, -0.2) is 4.79 Å². The van der Waals surface area contributed by atoms with Gasteiger partial charge in [0.15, 0.2) is 11.5 Å². The van der Waals surface area contributed by atoms with Crippen molar-refractivity contribution in [3.63, 3.8) is 0 Å². The number of carbonyl (C=O) groups excluding carboxylic acids is 2. The van der Waals surface area contributed by atoms with Gasteiger partial charge >= 0.3 is 18.2 Å². The summed E-state index contributed by atoms with van der Waals surface area (Å²) in [5.74, 6) is 0.200. The first-order valence-corrected chi connectivity index (χ1v) is 8.76. The lowest BCUT2D eigenvalue weighted by atomic mass is 10.1. The number of ether oxygens (including phenoxy) is 4. The molecular weight excluding hydrogens is 338 g/mol. The van der Waals surface area contributed by atoms with E-state index < -0.39 is 17.9 Å². The van der Waals surface area contributed by atoms with Gasteiger partial charge in [-0.2, -0.15) is 0 Å². The Hall–Kier alpha value is -2.28. The highest BCUT2D eigenvalue weighted by molar-refractivity contribution is 5.75. The molecule has 144 valence electrons. The van der Waals surface area contributed by atoms with Crippen LogP contribution in [-0.4, -0.2) is 43.0 Å². The molecule has 0 saturated carbocycles. The number of hydrogen-bond acceptors (Lipinski definition) is 7. The summed E-state index contributed by atoms with van der Waals surface area (Å²) in [5.41, 5.74) is 0.510. The second kappa shape index (κ2) is 8.40. The third-order valence-electron chi connectivity index (χ3n) is 3.51. The quantitative estimate of drug-likeness (QED) is 0.742. The molecule has 2 rings (SSSR count). The molecular formula is C19H27NO6. The van der Waals surface area contributed by atoms with Crippen LogP contribution in [0.4, 0.5) is 0 Å². The van der Waals surface area contributed by atoms with Gasteiger partial charge in [-0.05, 0) is 58.7 Å². The first-order chi connectivity index (χ1) is 12.2. The van der Waals surface area contributed by atoms with E-state index in [4.69, 9.17) is 18.9 Å². The Bertz CT molecular complexity index is 652. The van der Waals surface area contributed by atoms with E-state index in [2.05, 4.69) is 5.32 Å². The largest absolute Gasteiger partial charge is 0.460 e. The molecule has 7 heteroatoms. The Morgan fingerprint density at radius 3 is 2.58 bits per heavy atom. The molecule has 1 heterocycles. The molecule has 0 saturated heterocycles. The predicted octanol–water partition coefficient (Wildman–Crippen LogP) is 2.21. The van der Waals surface area contributed by atoms with Crippen LogP contribution >= 0.6 is 0 Å². The Kier molecular flexibility index (Phi) is 6.47. The lowest BCUT2D eigenvalue weighted by molar-refractivity contribution is -0.161. The topological polar surface area (TPSA) is 83.1 Å². The van der Waals surface area contributed by atoms with Gasteiger partial charge in [-0.15, -0.1) is 0 Å². The SMILES string of the molecule is CCOC(=O)C1Oc2ccc(CC(C)NCC(=O)OC(C)(C)C)cc2O1. The van der Waals surface area contributed by atoms with Crippen molar-refractivity contribution in [2.75, 3.05) is 13.2 Å². The molecule has 1 aliphatic rings. The van der Waals surface area contributed by atoms with Crippen LogP contribution in [0, 0.1) is 0 Å². The summed E-state index contributed by atoms with van der Waals surface area (Å²) < 4.78 is 21.1. The number of hydrogen-bond donors (Lipinski definition) is 1. The molecule has 2 unspecified atom stereocenters. The monoisotopic (exact) mass is 365 g/mol. The standard InChI is InChI=1S/C19H27NO6/c1-6-23-17(22)18-24-14-8-7-13(10-15(14)25-18)9-12(2)20-11-16(21)26-19(3,4)5/h7-8,10,12,18,20H,6,9,11H2,1-5H3. The van der Waals surface area contributed by atoms with Crippen LogP contribution in [0.3, 0.4) is 0 Å². The zero-order chi connectivity index (χ0) is 19.3. The third kappa shape index (κ3) is 5.91. The molecule has 0 spiro atoms. The number of fused-ring (bicyclic) bond motifs is 1. The van der Waals surface area contributed by atoms with Crippen LogP contribution in [0.5, 0.6) is 11.5 Å². The summed E-state index contributed by atoms with van der Waals surface area (Å²) in [5, 5.41) is 3.14. The molecule has 1 aliphatic heterocycles. The normalized spacial score (nSPS) is 16.9. The highest BCUT2D eigenvalue weighted by Crippen LogP contribution is 2.35. The highest BCUT2D eigenvalue weighted by Gasteiger charge is 2.32. The van der Waals surface area contributed by atoms with E-state index >= 15 is 0 Å². The maximum absolute atomic E-state index is 11.8. The first kappa shape index (κ1) is 20.0. The van der Waals surface area contributed by atoms with Crippen molar-refractivity contribution in [2.45, 2.75) is 59.0 Å². The van der Waals surface area contributed by atoms with Crippen LogP contribution in [0.25, 0.3) is 0 Å². The van der Waals surface area contributed by atoms with Crippen molar-refractivity contribution in [2.24, 2.45) is 0 Å². The number of esters is 2. The summed E-state index contributed by atoms with van der Waals surface area (Å²) in [6.45, 7) is 9.64. The van der Waals surface area contributed by atoms with Crippen molar-refractivity contribution < 1.29 is 28.5 Å². The van der Waals surface area contributed by atoms with Gasteiger partial charge in [-0.1, -0.05) is 6.07 Å². The summed E-state index contributed by atoms with van der Waals surface area (Å²) in [7, 11) is 0. The highest BCUT2D eigenvalue weighted by atomic mass is 16.7. The van der Waals surface area contributed by atoms with E-state index in [1.54, 1.807) is 13.0 Å². The molecule has 1 aromatic rings. The maximum atomic E-state index is 11.8. The summed E-state index contributed by atoms with van der Waals surface area (Å²) in [4.78, 5) is 23.5. The zero-order valence-corrected chi connectivity index (χ0v) is 16.0. The molecule has 0 aromatic heterocycles. The molecule has 0 amide bonds. The van der Waals surface area contributed by atoms with E-state index in [0.29, 0.717) is 17.9 Å². The number of carbonyl (C=O) groups is 2. The van der Waals surface area contributed by atoms with Crippen LogP contribution in [0.1, 0.15) is 40.2 Å². The Morgan fingerprint density at radius 2 is 1.92 bits per heavy atom. The molecule has 0 fully saturated rings. The third-order valence-corrected chi connectivity index (χ3v) is 3.51. The van der Waals surface area contributed by atoms with Crippen LogP contribution in [0.15, 0.2) is 18.2 Å². The molecule has 0 radical (unpaired) electrons. The predicted molar refractivity (Wildman–Crippen MR) is 95.1 cm³/mol. The average Bonchev–Trinajstić information content (AvgIpc) is 2.95. The van der Waals surface area contributed by atoms with Gasteiger partial charge in [0.2, 0.25) is 0 Å². The zero-order valence-electron chi connectivity index (χ0n) is 16.0. The minimum absolute atomic E-state index is 0.0590. The minimum atomic E-state index is -1.05. The fourth-order valence-corrected chi connectivity index (χ4v) is 2.49. The number of benzene rings is 1. The summed E-state index contributed by atoms with van der Waals surface area (Å²) in [6, 6.07) is 5.57. The lowest BCUT2D eigenvalue weighted by Crippen LogP contribution is -2.36. The second-order valence-corrected chi connectivity index (χ2v) is 7.17. The minimum Gasteiger partial charge on any atom is -0.460 e. The van der Waals surface area contributed by atoms with E-state index in [-0.39, 0.29) is 25.2 Å². The smallest absolute Gasteiger partial charge is 0.389 e.